The third-order valence-corrected chi connectivity index (χ3v) is 4.61. The summed E-state index contributed by atoms with van der Waals surface area (Å²) in [7, 11) is 2.03. The Morgan fingerprint density at radius 2 is 1.87 bits per heavy atom. The fourth-order valence-electron chi connectivity index (χ4n) is 2.89. The second-order valence-electron chi connectivity index (χ2n) is 5.94. The van der Waals surface area contributed by atoms with Gasteiger partial charge in [0.2, 0.25) is 0 Å². The third kappa shape index (κ3) is 3.07. The van der Waals surface area contributed by atoms with Crippen LogP contribution in [0, 0.1) is 6.92 Å². The summed E-state index contributed by atoms with van der Waals surface area (Å²) in [4.78, 5) is 27.1. The highest BCUT2D eigenvalue weighted by atomic mass is 79.9. The van der Waals surface area contributed by atoms with E-state index in [9.17, 15) is 9.59 Å². The number of nitrogens with zero attached hydrogens (tertiary/aromatic N) is 1. The molecule has 23 heavy (non-hydrogen) atoms. The van der Waals surface area contributed by atoms with Crippen molar-refractivity contribution in [2.75, 3.05) is 18.6 Å². The molecule has 118 valence electrons. The van der Waals surface area contributed by atoms with Crippen LogP contribution >= 0.6 is 15.9 Å². The number of hydrogen-bond donors (Lipinski definition) is 1. The molecule has 0 bridgehead atoms. The average molecular weight is 374 g/mol. The van der Waals surface area contributed by atoms with Crippen LogP contribution in [0.3, 0.4) is 0 Å². The second kappa shape index (κ2) is 6.26. The molecule has 1 amide bonds. The fraction of sp³-hybridized carbons (Fsp3) is 0.222. The number of carbonyl (C=O) groups excluding carboxylic acids is 2. The number of nitrogens with one attached hydrogen (secondary N) is 1. The van der Waals surface area contributed by atoms with Gasteiger partial charge in [-0.1, -0.05) is 40.2 Å². The van der Waals surface area contributed by atoms with E-state index in [-0.39, 0.29) is 0 Å². The van der Waals surface area contributed by atoms with Crippen LogP contribution in [0.15, 0.2) is 46.9 Å². The van der Waals surface area contributed by atoms with Gasteiger partial charge in [0, 0.05) is 10.0 Å². The number of anilines is 1. The summed E-state index contributed by atoms with van der Waals surface area (Å²) in [5.41, 5.74) is 3.67. The number of fused-ring (bicyclic) bond motifs is 1. The van der Waals surface area contributed by atoms with E-state index in [1.54, 1.807) is 11.0 Å². The van der Waals surface area contributed by atoms with Gasteiger partial charge in [-0.25, -0.2) is 0 Å². The van der Waals surface area contributed by atoms with Crippen LogP contribution in [0.1, 0.15) is 21.5 Å². The third-order valence-electron chi connectivity index (χ3n) is 4.11. The van der Waals surface area contributed by atoms with Gasteiger partial charge in [-0.05, 0) is 30.7 Å². The molecule has 1 aliphatic rings. The van der Waals surface area contributed by atoms with E-state index in [0.29, 0.717) is 17.9 Å². The molecule has 0 spiro atoms. The molecular weight excluding hydrogens is 356 g/mol. The van der Waals surface area contributed by atoms with Crippen LogP contribution in [0.5, 0.6) is 0 Å². The summed E-state index contributed by atoms with van der Waals surface area (Å²) in [5.74, 6) is -0.868. The van der Waals surface area contributed by atoms with Crippen molar-refractivity contribution in [3.63, 3.8) is 0 Å². The number of aryl methyl sites for hydroxylation is 1. The number of halogens is 1. The summed E-state index contributed by atoms with van der Waals surface area (Å²) < 4.78 is 0.805. The first-order valence-electron chi connectivity index (χ1n) is 7.49. The molecule has 1 atom stereocenters. The maximum atomic E-state index is 12.3. The van der Waals surface area contributed by atoms with E-state index in [2.05, 4.69) is 35.0 Å². The van der Waals surface area contributed by atoms with Gasteiger partial charge in [-0.15, -0.1) is 0 Å². The molecule has 0 aromatic heterocycles. The van der Waals surface area contributed by atoms with Gasteiger partial charge in [0.05, 0.1) is 18.3 Å². The molecule has 3 rings (SSSR count). The van der Waals surface area contributed by atoms with Gasteiger partial charge in [0.25, 0.3) is 5.78 Å². The lowest BCUT2D eigenvalue weighted by Gasteiger charge is -2.22. The monoisotopic (exact) mass is 373 g/mol. The van der Waals surface area contributed by atoms with Crippen molar-refractivity contribution in [3.05, 3.63) is 63.6 Å². The van der Waals surface area contributed by atoms with Gasteiger partial charge in [-0.2, -0.15) is 0 Å². The van der Waals surface area contributed by atoms with Crippen molar-refractivity contribution in [3.8, 4) is 0 Å². The summed E-state index contributed by atoms with van der Waals surface area (Å²) in [6.07, 6.45) is 0. The lowest BCUT2D eigenvalue weighted by atomic mass is 10.1. The van der Waals surface area contributed by atoms with Gasteiger partial charge < -0.3 is 4.90 Å². The standard InChI is InChI=1S/C18H17BrN2O2/c1-12-5-3-4-6-13(12)10-20(2)11-21-16-8-7-14(19)9-15(16)17(22)18(21)23/h3-9H,10-11H2,1-2H3/p+1. The largest absolute Gasteiger partial charge is 0.316 e. The Kier molecular flexibility index (Phi) is 4.33. The first-order chi connectivity index (χ1) is 11.0. The average Bonchev–Trinajstić information content (AvgIpc) is 2.74. The predicted molar refractivity (Wildman–Crippen MR) is 92.6 cm³/mol. The molecule has 0 aliphatic carbocycles. The first kappa shape index (κ1) is 15.9. The van der Waals surface area contributed by atoms with Crippen LogP contribution in [-0.4, -0.2) is 25.4 Å². The first-order valence-corrected chi connectivity index (χ1v) is 8.28. The van der Waals surface area contributed by atoms with Crippen LogP contribution < -0.4 is 9.80 Å². The van der Waals surface area contributed by atoms with Crippen LogP contribution in [0.4, 0.5) is 5.69 Å². The number of benzene rings is 2. The number of rotatable bonds is 4. The van der Waals surface area contributed by atoms with Crippen molar-refractivity contribution in [2.45, 2.75) is 13.5 Å². The minimum atomic E-state index is -0.442. The number of ketones is 1. The van der Waals surface area contributed by atoms with Crippen molar-refractivity contribution >= 4 is 33.3 Å². The Morgan fingerprint density at radius 1 is 1.13 bits per heavy atom. The fourth-order valence-corrected chi connectivity index (χ4v) is 3.25. The molecule has 1 unspecified atom stereocenters. The lowest BCUT2D eigenvalue weighted by Crippen LogP contribution is -3.09. The Labute approximate surface area is 143 Å². The Bertz CT molecular complexity index is 788. The number of Topliss-reactive ketones (excluding diaryl/α,β-unsaturated/α-hetero) is 1. The van der Waals surface area contributed by atoms with E-state index in [4.69, 9.17) is 0 Å². The van der Waals surface area contributed by atoms with E-state index < -0.39 is 11.7 Å². The van der Waals surface area contributed by atoms with Crippen LogP contribution in [-0.2, 0) is 11.3 Å². The van der Waals surface area contributed by atoms with E-state index in [1.165, 1.54) is 11.1 Å². The maximum absolute atomic E-state index is 12.3. The van der Waals surface area contributed by atoms with Crippen LogP contribution in [0.25, 0.3) is 0 Å². The van der Waals surface area contributed by atoms with Crippen molar-refractivity contribution in [1.29, 1.82) is 0 Å². The van der Waals surface area contributed by atoms with Gasteiger partial charge in [0.15, 0.2) is 6.67 Å². The molecule has 1 aliphatic heterocycles. The smallest absolute Gasteiger partial charge is 0.303 e. The molecule has 0 radical (unpaired) electrons. The SMILES string of the molecule is Cc1ccccc1C[NH+](C)CN1C(=O)C(=O)c2cc(Br)ccc21. The maximum Gasteiger partial charge on any atom is 0.303 e. The van der Waals surface area contributed by atoms with E-state index in [1.807, 2.05) is 31.3 Å². The zero-order chi connectivity index (χ0) is 16.6. The summed E-state index contributed by atoms with van der Waals surface area (Å²) in [5, 5.41) is 0. The lowest BCUT2D eigenvalue weighted by molar-refractivity contribution is -0.892. The normalized spacial score (nSPS) is 15.0. The van der Waals surface area contributed by atoms with Crippen LogP contribution in [0.2, 0.25) is 0 Å². The Morgan fingerprint density at radius 3 is 2.61 bits per heavy atom. The van der Waals surface area contributed by atoms with Gasteiger partial charge in [0.1, 0.15) is 6.54 Å². The Hall–Kier alpha value is -1.98. The number of quaternary nitrogens is 1. The molecule has 1 N–H and O–H groups in total. The zero-order valence-electron chi connectivity index (χ0n) is 13.1. The highest BCUT2D eigenvalue weighted by molar-refractivity contribution is 9.10. The number of hydrogen-bond acceptors (Lipinski definition) is 2. The molecule has 2 aromatic carbocycles. The van der Waals surface area contributed by atoms with Gasteiger partial charge in [-0.3, -0.25) is 14.5 Å². The molecule has 1 heterocycles. The quantitative estimate of drug-likeness (QED) is 0.832. The van der Waals surface area contributed by atoms with E-state index >= 15 is 0 Å². The predicted octanol–water partition coefficient (Wildman–Crippen LogP) is 1.96. The summed E-state index contributed by atoms with van der Waals surface area (Å²) in [6.45, 7) is 3.35. The molecule has 0 saturated heterocycles. The number of amides is 1. The molecule has 0 fully saturated rings. The van der Waals surface area contributed by atoms with Crippen molar-refractivity contribution < 1.29 is 14.5 Å². The second-order valence-corrected chi connectivity index (χ2v) is 6.86. The Balaban J connectivity index is 1.79. The molecular formula is C18H18BrN2O2+. The molecule has 0 saturated carbocycles. The summed E-state index contributed by atoms with van der Waals surface area (Å²) in [6, 6.07) is 13.6. The minimum Gasteiger partial charge on any atom is -0.316 e. The zero-order valence-corrected chi connectivity index (χ0v) is 14.7. The minimum absolute atomic E-state index is 0.426. The van der Waals surface area contributed by atoms with E-state index in [0.717, 1.165) is 15.9 Å². The summed E-state index contributed by atoms with van der Waals surface area (Å²) >= 11 is 3.35. The molecule has 2 aromatic rings. The molecule has 5 heteroatoms. The van der Waals surface area contributed by atoms with Crippen molar-refractivity contribution in [2.24, 2.45) is 0 Å². The molecule has 4 nitrogen and oxygen atoms in total. The number of carbonyl (C=O) groups is 2. The van der Waals surface area contributed by atoms with Crippen molar-refractivity contribution in [1.82, 2.24) is 0 Å². The highest BCUT2D eigenvalue weighted by Gasteiger charge is 2.37. The van der Waals surface area contributed by atoms with Gasteiger partial charge >= 0.3 is 5.91 Å². The topological polar surface area (TPSA) is 41.8 Å². The highest BCUT2D eigenvalue weighted by Crippen LogP contribution is 2.30.